The summed E-state index contributed by atoms with van der Waals surface area (Å²) >= 11 is 0. The molecule has 0 radical (unpaired) electrons. The maximum Gasteiger partial charge on any atom is 0.234 e. The molecule has 0 N–H and O–H groups in total. The summed E-state index contributed by atoms with van der Waals surface area (Å²) in [6, 6.07) is 28.7. The van der Waals surface area contributed by atoms with Gasteiger partial charge in [0.2, 0.25) is 5.95 Å². The van der Waals surface area contributed by atoms with Gasteiger partial charge in [0.15, 0.2) is 0 Å². The molecule has 38 heavy (non-hydrogen) atoms. The number of nitrogens with zero attached hydrogens (tertiary/aromatic N) is 4. The molecule has 2 aliphatic carbocycles. The van der Waals surface area contributed by atoms with Crippen molar-refractivity contribution in [3.8, 4) is 5.95 Å². The van der Waals surface area contributed by atoms with Crippen LogP contribution in [0.15, 0.2) is 134 Å². The van der Waals surface area contributed by atoms with Crippen molar-refractivity contribution in [2.24, 2.45) is 11.8 Å². The standard InChI is InChI=1S/C34H26N4/c1-2-9-25(10-3-1)37-30-13-6-4-11-26(30)28-17-15-23(21-32(28)37)24-16-18-29-27-12-5-7-14-31(27)38(33(29)22-24)34-35-19-8-20-36-34/h1-22,26,28,30,32H/t26?,28?,30?,32-/m0/s1. The highest BCUT2D eigenvalue weighted by molar-refractivity contribution is 6.09. The van der Waals surface area contributed by atoms with Crippen molar-refractivity contribution < 1.29 is 0 Å². The third-order valence-electron chi connectivity index (χ3n) is 8.29. The Morgan fingerprint density at radius 1 is 0.632 bits per heavy atom. The summed E-state index contributed by atoms with van der Waals surface area (Å²) in [6.07, 6.45) is 20.0. The van der Waals surface area contributed by atoms with Crippen LogP contribution in [0, 0.1) is 11.8 Å². The van der Waals surface area contributed by atoms with Crippen LogP contribution in [0.4, 0.5) is 5.69 Å². The first kappa shape index (κ1) is 21.4. The van der Waals surface area contributed by atoms with E-state index in [2.05, 4.69) is 135 Å². The topological polar surface area (TPSA) is 34.0 Å². The quantitative estimate of drug-likeness (QED) is 0.269. The van der Waals surface area contributed by atoms with Crippen LogP contribution in [0.2, 0.25) is 0 Å². The molecule has 1 aliphatic heterocycles. The second-order valence-corrected chi connectivity index (χ2v) is 10.3. The third-order valence-corrected chi connectivity index (χ3v) is 8.29. The molecule has 3 aliphatic rings. The average Bonchev–Trinajstić information content (AvgIpc) is 3.50. The molecule has 4 atom stereocenters. The van der Waals surface area contributed by atoms with E-state index in [4.69, 9.17) is 0 Å². The van der Waals surface area contributed by atoms with E-state index in [-0.39, 0.29) is 0 Å². The number of para-hydroxylation sites is 2. The number of allylic oxidation sites excluding steroid dienone is 4. The highest BCUT2D eigenvalue weighted by atomic mass is 15.2. The van der Waals surface area contributed by atoms with Gasteiger partial charge in [0.05, 0.1) is 23.1 Å². The number of rotatable bonds is 3. The molecule has 1 saturated heterocycles. The van der Waals surface area contributed by atoms with Crippen LogP contribution in [0.3, 0.4) is 0 Å². The first-order valence-electron chi connectivity index (χ1n) is 13.3. The van der Waals surface area contributed by atoms with E-state index in [0.29, 0.717) is 29.9 Å². The van der Waals surface area contributed by atoms with Crippen LogP contribution in [0.1, 0.15) is 5.56 Å². The highest BCUT2D eigenvalue weighted by Gasteiger charge is 2.46. The lowest BCUT2D eigenvalue weighted by Crippen LogP contribution is -2.36. The van der Waals surface area contributed by atoms with Crippen LogP contribution < -0.4 is 4.90 Å². The molecule has 0 bridgehead atoms. The van der Waals surface area contributed by atoms with Gasteiger partial charge in [-0.1, -0.05) is 91.1 Å². The van der Waals surface area contributed by atoms with Gasteiger partial charge in [-0.3, -0.25) is 4.57 Å². The molecule has 8 rings (SSSR count). The van der Waals surface area contributed by atoms with Crippen molar-refractivity contribution >= 4 is 33.1 Å². The van der Waals surface area contributed by atoms with Gasteiger partial charge in [-0.25, -0.2) is 9.97 Å². The Kier molecular flexibility index (Phi) is 4.74. The van der Waals surface area contributed by atoms with E-state index >= 15 is 0 Å². The number of anilines is 1. The molecule has 3 unspecified atom stereocenters. The second kappa shape index (κ2) is 8.42. The van der Waals surface area contributed by atoms with E-state index in [0.717, 1.165) is 11.0 Å². The molecule has 3 aromatic carbocycles. The maximum atomic E-state index is 4.60. The van der Waals surface area contributed by atoms with Crippen molar-refractivity contribution in [3.63, 3.8) is 0 Å². The first-order chi connectivity index (χ1) is 18.9. The fraction of sp³-hybridized carbons (Fsp3) is 0.118. The number of hydrogen-bond donors (Lipinski definition) is 0. The monoisotopic (exact) mass is 490 g/mol. The van der Waals surface area contributed by atoms with Crippen molar-refractivity contribution in [3.05, 3.63) is 139 Å². The molecular weight excluding hydrogens is 464 g/mol. The van der Waals surface area contributed by atoms with Crippen molar-refractivity contribution in [2.45, 2.75) is 12.1 Å². The summed E-state index contributed by atoms with van der Waals surface area (Å²) < 4.78 is 2.18. The SMILES string of the molecule is C1=CC2C3C=CC(c4ccc5c6ccccc6n(-c6ncccn6)c5c4)=C[C@@H]3N(c3ccccc3)C2C=C1. The fourth-order valence-electron chi connectivity index (χ4n) is 6.66. The summed E-state index contributed by atoms with van der Waals surface area (Å²) in [5.41, 5.74) is 5.98. The average molecular weight is 491 g/mol. The van der Waals surface area contributed by atoms with Gasteiger partial charge in [-0.05, 0) is 41.5 Å². The van der Waals surface area contributed by atoms with Gasteiger partial charge in [0, 0.05) is 40.7 Å². The molecule has 0 spiro atoms. The largest absolute Gasteiger partial charge is 0.357 e. The highest BCUT2D eigenvalue weighted by Crippen LogP contribution is 2.46. The second-order valence-electron chi connectivity index (χ2n) is 10.3. The molecule has 182 valence electrons. The normalized spacial score (nSPS) is 23.6. The number of benzene rings is 3. The van der Waals surface area contributed by atoms with Crippen molar-refractivity contribution in [2.75, 3.05) is 4.90 Å². The lowest BCUT2D eigenvalue weighted by molar-refractivity contribution is 0.528. The van der Waals surface area contributed by atoms with E-state index in [1.165, 1.54) is 27.6 Å². The zero-order valence-electron chi connectivity index (χ0n) is 20.8. The van der Waals surface area contributed by atoms with Gasteiger partial charge >= 0.3 is 0 Å². The molecule has 3 heterocycles. The number of fused-ring (bicyclic) bond motifs is 6. The summed E-state index contributed by atoms with van der Waals surface area (Å²) in [5, 5.41) is 2.42. The predicted molar refractivity (Wildman–Crippen MR) is 155 cm³/mol. The minimum Gasteiger partial charge on any atom is -0.357 e. The van der Waals surface area contributed by atoms with Crippen LogP contribution in [0.25, 0.3) is 33.3 Å². The van der Waals surface area contributed by atoms with Crippen LogP contribution >= 0.6 is 0 Å². The van der Waals surface area contributed by atoms with Gasteiger partial charge in [-0.2, -0.15) is 0 Å². The lowest BCUT2D eigenvalue weighted by atomic mass is 9.81. The van der Waals surface area contributed by atoms with Crippen LogP contribution in [-0.4, -0.2) is 26.6 Å². The molecule has 0 saturated carbocycles. The molecule has 4 nitrogen and oxygen atoms in total. The molecule has 5 aromatic rings. The maximum absolute atomic E-state index is 4.60. The zero-order valence-corrected chi connectivity index (χ0v) is 20.8. The van der Waals surface area contributed by atoms with Crippen molar-refractivity contribution in [1.29, 1.82) is 0 Å². The molecule has 0 amide bonds. The zero-order chi connectivity index (χ0) is 25.1. The minimum atomic E-state index is 0.291. The first-order valence-corrected chi connectivity index (χ1v) is 13.3. The Labute approximate surface area is 221 Å². The third kappa shape index (κ3) is 3.16. The molecule has 1 fully saturated rings. The Morgan fingerprint density at radius 3 is 2.29 bits per heavy atom. The minimum absolute atomic E-state index is 0.291. The Morgan fingerprint density at radius 2 is 1.39 bits per heavy atom. The van der Waals surface area contributed by atoms with Gasteiger partial charge in [0.25, 0.3) is 0 Å². The van der Waals surface area contributed by atoms with Crippen LogP contribution in [-0.2, 0) is 0 Å². The van der Waals surface area contributed by atoms with Crippen LogP contribution in [0.5, 0.6) is 0 Å². The van der Waals surface area contributed by atoms with Gasteiger partial charge in [0.1, 0.15) is 0 Å². The lowest BCUT2D eigenvalue weighted by Gasteiger charge is -2.32. The van der Waals surface area contributed by atoms with E-state index < -0.39 is 0 Å². The summed E-state index contributed by atoms with van der Waals surface area (Å²) in [7, 11) is 0. The number of aromatic nitrogens is 3. The molecule has 2 aromatic heterocycles. The van der Waals surface area contributed by atoms with E-state index in [9.17, 15) is 0 Å². The fourth-order valence-corrected chi connectivity index (χ4v) is 6.66. The summed E-state index contributed by atoms with van der Waals surface area (Å²) in [4.78, 5) is 11.8. The molecule has 4 heteroatoms. The summed E-state index contributed by atoms with van der Waals surface area (Å²) in [5.74, 6) is 1.61. The van der Waals surface area contributed by atoms with Gasteiger partial charge < -0.3 is 4.90 Å². The van der Waals surface area contributed by atoms with E-state index in [1.807, 2.05) is 6.07 Å². The predicted octanol–water partition coefficient (Wildman–Crippen LogP) is 7.14. The Balaban J connectivity index is 1.28. The van der Waals surface area contributed by atoms with Gasteiger partial charge in [-0.15, -0.1) is 0 Å². The van der Waals surface area contributed by atoms with E-state index in [1.54, 1.807) is 12.4 Å². The number of hydrogen-bond acceptors (Lipinski definition) is 3. The Bertz CT molecular complexity index is 1790. The smallest absolute Gasteiger partial charge is 0.234 e. The Hall–Kier alpha value is -4.70. The molecular formula is C34H26N4. The van der Waals surface area contributed by atoms with Crippen molar-refractivity contribution in [1.82, 2.24) is 14.5 Å². The summed E-state index contributed by atoms with van der Waals surface area (Å²) in [6.45, 7) is 0.